The molecule has 0 radical (unpaired) electrons. The zero-order valence-electron chi connectivity index (χ0n) is 14.6. The molecule has 0 amide bonds. The number of halogens is 1. The maximum absolute atomic E-state index is 14.8. The van der Waals surface area contributed by atoms with Crippen LogP contribution >= 0.6 is 0 Å². The number of nitrogens with zero attached hydrogens (tertiary/aromatic N) is 2. The smallest absolute Gasteiger partial charge is 0.398 e. The number of hydrogen-bond donors (Lipinski definition) is 0. The van der Waals surface area contributed by atoms with Crippen molar-refractivity contribution in [3.05, 3.63) is 23.7 Å². The van der Waals surface area contributed by atoms with E-state index in [1.807, 2.05) is 38.6 Å². The van der Waals surface area contributed by atoms with Crippen molar-refractivity contribution in [3.8, 4) is 0 Å². The van der Waals surface area contributed by atoms with Crippen LogP contribution in [0.1, 0.15) is 66.5 Å². The van der Waals surface area contributed by atoms with Gasteiger partial charge in [-0.25, -0.2) is 4.39 Å². The van der Waals surface area contributed by atoms with Crippen LogP contribution in [-0.4, -0.2) is 28.1 Å². The van der Waals surface area contributed by atoms with Gasteiger partial charge >= 0.3 is 7.12 Å². The van der Waals surface area contributed by atoms with Crippen molar-refractivity contribution in [1.82, 2.24) is 9.78 Å². The van der Waals surface area contributed by atoms with Crippen LogP contribution in [0.4, 0.5) is 4.39 Å². The number of aromatic nitrogens is 2. The van der Waals surface area contributed by atoms with Gasteiger partial charge in [-0.3, -0.25) is 4.68 Å². The Hall–Kier alpha value is -1.14. The van der Waals surface area contributed by atoms with Gasteiger partial charge in [-0.1, -0.05) is 6.92 Å². The van der Waals surface area contributed by atoms with Crippen LogP contribution in [0.5, 0.6) is 0 Å². The fraction of sp³-hybridized carbons (Fsp3) is 0.688. The Morgan fingerprint density at radius 1 is 1.32 bits per heavy atom. The maximum atomic E-state index is 14.8. The SMILES string of the molecule is CCC(C)n1cc(C(C)=C(F)B2OC(C)(C)C(C)(C)O2)cn1. The number of allylic oxidation sites excluding steroid dienone is 1. The number of hydrogen-bond acceptors (Lipinski definition) is 3. The highest BCUT2D eigenvalue weighted by molar-refractivity contribution is 6.55. The number of rotatable bonds is 4. The van der Waals surface area contributed by atoms with Crippen molar-refractivity contribution in [2.75, 3.05) is 0 Å². The minimum atomic E-state index is -0.961. The average Bonchev–Trinajstić information content (AvgIpc) is 3.00. The lowest BCUT2D eigenvalue weighted by atomic mass is 9.84. The first-order chi connectivity index (χ1) is 10.1. The molecule has 1 atom stereocenters. The molecule has 1 saturated heterocycles. The Bertz CT molecular complexity index is 564. The van der Waals surface area contributed by atoms with Crippen LogP contribution in [-0.2, 0) is 9.31 Å². The molecule has 2 heterocycles. The van der Waals surface area contributed by atoms with Crippen molar-refractivity contribution < 1.29 is 13.7 Å². The summed E-state index contributed by atoms with van der Waals surface area (Å²) in [7, 11) is -0.961. The largest absolute Gasteiger partial charge is 0.525 e. The minimum Gasteiger partial charge on any atom is -0.398 e. The molecule has 4 nitrogen and oxygen atoms in total. The molecule has 2 rings (SSSR count). The Morgan fingerprint density at radius 3 is 2.36 bits per heavy atom. The van der Waals surface area contributed by atoms with Crippen molar-refractivity contribution in [3.63, 3.8) is 0 Å². The lowest BCUT2D eigenvalue weighted by molar-refractivity contribution is 0.00578. The molecule has 1 fully saturated rings. The van der Waals surface area contributed by atoms with Gasteiger partial charge in [0, 0.05) is 17.8 Å². The second-order valence-electron chi connectivity index (χ2n) is 7.03. The predicted octanol–water partition coefficient (Wildman–Crippen LogP) is 4.19. The van der Waals surface area contributed by atoms with E-state index in [9.17, 15) is 4.39 Å². The molecule has 0 spiro atoms. The second-order valence-corrected chi connectivity index (χ2v) is 7.03. The molecule has 0 aromatic carbocycles. The molecule has 1 unspecified atom stereocenters. The fourth-order valence-corrected chi connectivity index (χ4v) is 2.22. The lowest BCUT2D eigenvalue weighted by Crippen LogP contribution is -2.41. The molecule has 0 bridgehead atoms. The highest BCUT2D eigenvalue weighted by atomic mass is 19.1. The summed E-state index contributed by atoms with van der Waals surface area (Å²) in [6.07, 6.45) is 4.53. The van der Waals surface area contributed by atoms with Gasteiger partial charge in [0.05, 0.1) is 17.4 Å². The van der Waals surface area contributed by atoms with E-state index in [0.29, 0.717) is 11.6 Å². The molecule has 0 N–H and O–H groups in total. The molecule has 1 aliphatic rings. The van der Waals surface area contributed by atoms with Gasteiger partial charge in [0.15, 0.2) is 0 Å². The predicted molar refractivity (Wildman–Crippen MR) is 87.0 cm³/mol. The topological polar surface area (TPSA) is 36.3 Å². The summed E-state index contributed by atoms with van der Waals surface area (Å²) < 4.78 is 28.1. The minimum absolute atomic E-state index is 0.293. The van der Waals surface area contributed by atoms with E-state index in [2.05, 4.69) is 18.9 Å². The highest BCUT2D eigenvalue weighted by Crippen LogP contribution is 2.40. The van der Waals surface area contributed by atoms with Crippen LogP contribution in [0.2, 0.25) is 0 Å². The first-order valence-electron chi connectivity index (χ1n) is 7.85. The van der Waals surface area contributed by atoms with Crippen molar-refractivity contribution in [2.45, 2.75) is 72.1 Å². The highest BCUT2D eigenvalue weighted by Gasteiger charge is 2.53. The van der Waals surface area contributed by atoms with Gasteiger partial charge in [-0.15, -0.1) is 0 Å². The van der Waals surface area contributed by atoms with Crippen LogP contribution in [0, 0.1) is 0 Å². The van der Waals surface area contributed by atoms with Crippen LogP contribution in [0.15, 0.2) is 18.1 Å². The van der Waals surface area contributed by atoms with Gasteiger partial charge in [0.25, 0.3) is 0 Å². The Kier molecular flexibility index (Phi) is 4.55. The summed E-state index contributed by atoms with van der Waals surface area (Å²) in [6.45, 7) is 13.6. The summed E-state index contributed by atoms with van der Waals surface area (Å²) >= 11 is 0. The van der Waals surface area contributed by atoms with Gasteiger partial charge in [-0.2, -0.15) is 5.10 Å². The summed E-state index contributed by atoms with van der Waals surface area (Å²) in [4.78, 5) is 0. The van der Waals surface area contributed by atoms with E-state index in [1.165, 1.54) is 0 Å². The lowest BCUT2D eigenvalue weighted by Gasteiger charge is -2.32. The molecule has 0 saturated carbocycles. The molecular weight excluding hydrogens is 282 g/mol. The molecule has 1 aromatic heterocycles. The van der Waals surface area contributed by atoms with Gasteiger partial charge in [-0.05, 0) is 53.5 Å². The Morgan fingerprint density at radius 2 is 1.86 bits per heavy atom. The van der Waals surface area contributed by atoms with Crippen LogP contribution in [0.3, 0.4) is 0 Å². The third-order valence-corrected chi connectivity index (χ3v) is 4.90. The Labute approximate surface area is 132 Å². The zero-order chi connectivity index (χ0) is 16.7. The van der Waals surface area contributed by atoms with E-state index in [1.54, 1.807) is 13.1 Å². The van der Waals surface area contributed by atoms with E-state index in [-0.39, 0.29) is 5.73 Å². The van der Waals surface area contributed by atoms with Crippen LogP contribution in [0.25, 0.3) is 5.57 Å². The van der Waals surface area contributed by atoms with Crippen molar-refractivity contribution in [2.24, 2.45) is 0 Å². The van der Waals surface area contributed by atoms with E-state index >= 15 is 0 Å². The fourth-order valence-electron chi connectivity index (χ4n) is 2.22. The summed E-state index contributed by atoms with van der Waals surface area (Å²) in [5.41, 5.74) is -0.213. The third kappa shape index (κ3) is 2.99. The quantitative estimate of drug-likeness (QED) is 0.783. The standard InChI is InChI=1S/C16H26BFN2O2/c1-8-11(2)20-10-13(9-19-20)12(3)14(18)17-21-15(4,5)16(6,7)22-17/h9-11H,8H2,1-7H3. The van der Waals surface area contributed by atoms with Gasteiger partial charge in [0.2, 0.25) is 0 Å². The van der Waals surface area contributed by atoms with Gasteiger partial charge < -0.3 is 9.31 Å². The second kappa shape index (κ2) is 5.82. The third-order valence-electron chi connectivity index (χ3n) is 4.90. The normalized spacial score (nSPS) is 22.6. The molecule has 0 aliphatic carbocycles. The Balaban J connectivity index is 2.25. The van der Waals surface area contributed by atoms with E-state index in [0.717, 1.165) is 12.0 Å². The molecule has 6 heteroatoms. The summed E-state index contributed by atoms with van der Waals surface area (Å²) in [5, 5.41) is 4.31. The van der Waals surface area contributed by atoms with E-state index < -0.39 is 18.3 Å². The van der Waals surface area contributed by atoms with Crippen LogP contribution < -0.4 is 0 Å². The molecule has 1 aliphatic heterocycles. The molecule has 1 aromatic rings. The summed E-state index contributed by atoms with van der Waals surface area (Å²) in [6, 6.07) is 0.293. The van der Waals surface area contributed by atoms with E-state index in [4.69, 9.17) is 9.31 Å². The maximum Gasteiger partial charge on any atom is 0.525 e. The molecule has 22 heavy (non-hydrogen) atoms. The average molecular weight is 308 g/mol. The first kappa shape index (κ1) is 17.2. The summed E-state index contributed by atoms with van der Waals surface area (Å²) in [5.74, 6) is 0. The zero-order valence-corrected chi connectivity index (χ0v) is 14.6. The van der Waals surface area contributed by atoms with Gasteiger partial charge in [0.1, 0.15) is 5.73 Å². The molecule has 122 valence electrons. The molecular formula is C16H26BFN2O2. The monoisotopic (exact) mass is 308 g/mol. The van der Waals surface area contributed by atoms with Crippen molar-refractivity contribution >= 4 is 12.7 Å². The van der Waals surface area contributed by atoms with Crippen molar-refractivity contribution in [1.29, 1.82) is 0 Å². The first-order valence-corrected chi connectivity index (χ1v) is 7.85.